The lowest BCUT2D eigenvalue weighted by atomic mass is 9.99. The summed E-state index contributed by atoms with van der Waals surface area (Å²) in [5.41, 5.74) is 10.3. The number of hydrogen-bond acceptors (Lipinski definition) is 5. The molecule has 0 saturated heterocycles. The van der Waals surface area contributed by atoms with E-state index in [4.69, 9.17) is 10.2 Å². The van der Waals surface area contributed by atoms with E-state index in [9.17, 15) is 0 Å². The number of rotatable bonds is 8. The average molecular weight is 386 g/mol. The number of nitrogen functional groups attached to an aromatic ring is 1. The summed E-state index contributed by atoms with van der Waals surface area (Å²) in [6.45, 7) is 3.09. The van der Waals surface area contributed by atoms with Crippen molar-refractivity contribution in [2.75, 3.05) is 17.6 Å². The third kappa shape index (κ3) is 4.09. The van der Waals surface area contributed by atoms with Crippen LogP contribution in [0.4, 0.5) is 11.5 Å². The molecular weight excluding hydrogens is 360 g/mol. The first-order valence-corrected chi connectivity index (χ1v) is 10.2. The fourth-order valence-electron chi connectivity index (χ4n) is 3.54. The fraction of sp³-hybridized carbons (Fsp3) is 0.250. The zero-order valence-electron chi connectivity index (χ0n) is 16.7. The highest BCUT2D eigenvalue weighted by atomic mass is 16.3. The topological polar surface area (TPSA) is 77.0 Å². The van der Waals surface area contributed by atoms with E-state index in [-0.39, 0.29) is 0 Å². The summed E-state index contributed by atoms with van der Waals surface area (Å²) in [4.78, 5) is 8.94. The molecule has 0 unspecified atom stereocenters. The molecule has 0 aliphatic heterocycles. The summed E-state index contributed by atoms with van der Waals surface area (Å²) in [5, 5.41) is 4.41. The maximum atomic E-state index is 6.23. The van der Waals surface area contributed by atoms with E-state index < -0.39 is 0 Å². The Morgan fingerprint density at radius 1 is 0.897 bits per heavy atom. The third-order valence-corrected chi connectivity index (χ3v) is 5.05. The number of fused-ring (bicyclic) bond motifs is 1. The summed E-state index contributed by atoms with van der Waals surface area (Å²) in [7, 11) is 0. The molecule has 2 aromatic heterocycles. The molecule has 2 aromatic carbocycles. The highest BCUT2D eigenvalue weighted by molar-refractivity contribution is 6.05. The van der Waals surface area contributed by atoms with E-state index in [0.717, 1.165) is 52.3 Å². The quantitative estimate of drug-likeness (QED) is 0.281. The normalized spacial score (nSPS) is 11.1. The first-order chi connectivity index (χ1) is 14.3. The second-order valence-corrected chi connectivity index (χ2v) is 7.18. The summed E-state index contributed by atoms with van der Waals surface area (Å²) >= 11 is 0. The van der Waals surface area contributed by atoms with Crippen LogP contribution in [-0.4, -0.2) is 16.5 Å². The molecule has 2 heterocycles. The predicted octanol–water partition coefficient (Wildman–Crippen LogP) is 6.13. The molecule has 148 valence electrons. The number of nitrogens with two attached hydrogens (primary N) is 1. The van der Waals surface area contributed by atoms with Crippen LogP contribution in [-0.2, 0) is 0 Å². The lowest BCUT2D eigenvalue weighted by molar-refractivity contribution is 0.618. The molecule has 0 amide bonds. The van der Waals surface area contributed by atoms with Crippen molar-refractivity contribution in [3.63, 3.8) is 0 Å². The van der Waals surface area contributed by atoms with Gasteiger partial charge in [0.1, 0.15) is 17.9 Å². The average Bonchev–Trinajstić information content (AvgIpc) is 3.15. The van der Waals surface area contributed by atoms with Crippen LogP contribution in [0, 0.1) is 0 Å². The van der Waals surface area contributed by atoms with E-state index in [2.05, 4.69) is 22.2 Å². The number of furan rings is 1. The maximum absolute atomic E-state index is 6.23. The van der Waals surface area contributed by atoms with Gasteiger partial charge in [0.05, 0.1) is 5.39 Å². The summed E-state index contributed by atoms with van der Waals surface area (Å²) in [6.07, 6.45) is 6.35. The highest BCUT2D eigenvalue weighted by Gasteiger charge is 2.21. The van der Waals surface area contributed by atoms with Gasteiger partial charge in [-0.1, -0.05) is 68.7 Å². The number of unbranched alkanes of at least 4 members (excludes halogenated alkanes) is 3. The van der Waals surface area contributed by atoms with Gasteiger partial charge in [-0.25, -0.2) is 9.97 Å². The Bertz CT molecular complexity index is 1070. The number of anilines is 2. The molecule has 0 atom stereocenters. The molecule has 0 fully saturated rings. The molecule has 0 aliphatic carbocycles. The van der Waals surface area contributed by atoms with Gasteiger partial charge in [0.15, 0.2) is 0 Å². The van der Waals surface area contributed by atoms with Crippen molar-refractivity contribution in [2.45, 2.75) is 32.6 Å². The number of benzene rings is 2. The van der Waals surface area contributed by atoms with Gasteiger partial charge in [0, 0.05) is 23.4 Å². The lowest BCUT2D eigenvalue weighted by Crippen LogP contribution is -2.04. The number of nitrogens with one attached hydrogen (secondary N) is 1. The zero-order chi connectivity index (χ0) is 20.1. The Balaban J connectivity index is 1.82. The largest absolute Gasteiger partial charge is 0.437 e. The Labute approximate surface area is 171 Å². The predicted molar refractivity (Wildman–Crippen MR) is 120 cm³/mol. The first-order valence-electron chi connectivity index (χ1n) is 10.2. The Morgan fingerprint density at radius 2 is 1.69 bits per heavy atom. The van der Waals surface area contributed by atoms with Crippen LogP contribution in [0.3, 0.4) is 0 Å². The molecule has 0 saturated carbocycles. The van der Waals surface area contributed by atoms with E-state index in [1.165, 1.54) is 19.3 Å². The monoisotopic (exact) mass is 386 g/mol. The fourth-order valence-corrected chi connectivity index (χ4v) is 3.54. The van der Waals surface area contributed by atoms with Crippen molar-refractivity contribution in [3.8, 4) is 22.5 Å². The molecule has 0 radical (unpaired) electrons. The Morgan fingerprint density at radius 3 is 2.45 bits per heavy atom. The van der Waals surface area contributed by atoms with Crippen molar-refractivity contribution in [2.24, 2.45) is 0 Å². The number of hydrogen-bond donors (Lipinski definition) is 2. The van der Waals surface area contributed by atoms with E-state index in [1.807, 2.05) is 54.6 Å². The van der Waals surface area contributed by atoms with Crippen molar-refractivity contribution in [1.82, 2.24) is 9.97 Å². The molecule has 0 aliphatic rings. The van der Waals surface area contributed by atoms with Crippen LogP contribution in [0.2, 0.25) is 0 Å². The molecule has 4 aromatic rings. The van der Waals surface area contributed by atoms with Crippen LogP contribution in [0.1, 0.15) is 32.6 Å². The zero-order valence-corrected chi connectivity index (χ0v) is 16.7. The van der Waals surface area contributed by atoms with Crippen molar-refractivity contribution >= 4 is 22.6 Å². The second-order valence-electron chi connectivity index (χ2n) is 7.18. The van der Waals surface area contributed by atoms with Crippen LogP contribution in [0.15, 0.2) is 65.3 Å². The van der Waals surface area contributed by atoms with Gasteiger partial charge in [-0.2, -0.15) is 0 Å². The second kappa shape index (κ2) is 8.78. The Hall–Kier alpha value is -3.34. The minimum atomic E-state index is 0.585. The smallest absolute Gasteiger partial charge is 0.232 e. The standard InChI is InChI=1S/C24H26N4O/c1-2-3-4-8-15-26-23-21-20(17-11-13-19(25)14-12-17)22(18-9-6-5-7-10-18)29-24(21)28-16-27-23/h5-7,9-14,16H,2-4,8,15,25H2,1H3,(H,26,27,28). The number of nitrogens with zero attached hydrogens (tertiary/aromatic N) is 2. The minimum absolute atomic E-state index is 0.585. The van der Waals surface area contributed by atoms with Gasteiger partial charge in [-0.05, 0) is 24.1 Å². The van der Waals surface area contributed by atoms with Crippen LogP contribution in [0.5, 0.6) is 0 Å². The highest BCUT2D eigenvalue weighted by Crippen LogP contribution is 2.42. The number of aromatic nitrogens is 2. The molecular formula is C24H26N4O. The summed E-state index contributed by atoms with van der Waals surface area (Å²) < 4.78 is 6.23. The van der Waals surface area contributed by atoms with Crippen LogP contribution < -0.4 is 11.1 Å². The summed E-state index contributed by atoms with van der Waals surface area (Å²) in [6, 6.07) is 18.0. The molecule has 0 bridgehead atoms. The van der Waals surface area contributed by atoms with Gasteiger partial charge in [-0.15, -0.1) is 0 Å². The SMILES string of the molecule is CCCCCCNc1ncnc2oc(-c3ccccc3)c(-c3ccc(N)cc3)c12. The van der Waals surface area contributed by atoms with Gasteiger partial charge in [0.2, 0.25) is 5.71 Å². The van der Waals surface area contributed by atoms with Crippen molar-refractivity contribution in [3.05, 3.63) is 60.9 Å². The van der Waals surface area contributed by atoms with E-state index in [0.29, 0.717) is 5.71 Å². The molecule has 4 rings (SSSR count). The van der Waals surface area contributed by atoms with Gasteiger partial charge < -0.3 is 15.5 Å². The van der Waals surface area contributed by atoms with Gasteiger partial charge in [-0.3, -0.25) is 0 Å². The molecule has 5 heteroatoms. The molecule has 29 heavy (non-hydrogen) atoms. The van der Waals surface area contributed by atoms with Crippen LogP contribution in [0.25, 0.3) is 33.6 Å². The van der Waals surface area contributed by atoms with Crippen LogP contribution >= 0.6 is 0 Å². The van der Waals surface area contributed by atoms with Gasteiger partial charge >= 0.3 is 0 Å². The molecule has 5 nitrogen and oxygen atoms in total. The van der Waals surface area contributed by atoms with E-state index in [1.54, 1.807) is 6.33 Å². The third-order valence-electron chi connectivity index (χ3n) is 5.05. The Kier molecular flexibility index (Phi) is 5.75. The lowest BCUT2D eigenvalue weighted by Gasteiger charge is -2.09. The van der Waals surface area contributed by atoms with Crippen molar-refractivity contribution < 1.29 is 4.42 Å². The molecule has 3 N–H and O–H groups in total. The van der Waals surface area contributed by atoms with Crippen molar-refractivity contribution in [1.29, 1.82) is 0 Å². The van der Waals surface area contributed by atoms with E-state index >= 15 is 0 Å². The van der Waals surface area contributed by atoms with Gasteiger partial charge in [0.25, 0.3) is 0 Å². The molecule has 0 spiro atoms. The summed E-state index contributed by atoms with van der Waals surface area (Å²) in [5.74, 6) is 1.60. The first kappa shape index (κ1) is 19.0. The maximum Gasteiger partial charge on any atom is 0.232 e. The minimum Gasteiger partial charge on any atom is -0.437 e.